The number of pyridine rings is 1. The van der Waals surface area contributed by atoms with Gasteiger partial charge in [-0.05, 0) is 18.4 Å². The fourth-order valence-electron chi connectivity index (χ4n) is 3.59. The van der Waals surface area contributed by atoms with Gasteiger partial charge in [0.05, 0.1) is 17.1 Å². The van der Waals surface area contributed by atoms with Gasteiger partial charge in [0.2, 0.25) is 5.91 Å². The van der Waals surface area contributed by atoms with Crippen LogP contribution in [0.5, 0.6) is 0 Å². The number of likely N-dealkylation sites (tertiary alicyclic amines) is 1. The number of quaternary nitrogens is 1. The highest BCUT2D eigenvalue weighted by atomic mass is 35.5. The van der Waals surface area contributed by atoms with Crippen LogP contribution in [0.1, 0.15) is 24.0 Å². The molecule has 6 nitrogen and oxygen atoms in total. The molecule has 2 heterocycles. The van der Waals surface area contributed by atoms with Gasteiger partial charge in [0.1, 0.15) is 13.1 Å². The SMILES string of the molecule is C[n+]1ccc(Cl)c(CNC(=O)[C@@H]2CCCN2C(=O)[C@H]([NH3+])Cc2ccccc2)c1. The molecule has 1 fully saturated rings. The lowest BCUT2D eigenvalue weighted by Gasteiger charge is -2.25. The number of rotatable bonds is 6. The third-order valence-electron chi connectivity index (χ3n) is 5.09. The second-order valence-corrected chi connectivity index (χ2v) is 7.68. The second-order valence-electron chi connectivity index (χ2n) is 7.28. The zero-order valence-electron chi connectivity index (χ0n) is 16.1. The van der Waals surface area contributed by atoms with E-state index in [1.807, 2.05) is 54.3 Å². The van der Waals surface area contributed by atoms with E-state index in [1.165, 1.54) is 0 Å². The summed E-state index contributed by atoms with van der Waals surface area (Å²) >= 11 is 6.20. The molecule has 1 aromatic heterocycles. The molecule has 1 aromatic carbocycles. The van der Waals surface area contributed by atoms with E-state index in [1.54, 1.807) is 11.0 Å². The quantitative estimate of drug-likeness (QED) is 0.695. The number of carbonyl (C=O) groups excluding carboxylic acids is 2. The molecule has 28 heavy (non-hydrogen) atoms. The van der Waals surface area contributed by atoms with Crippen LogP contribution < -0.4 is 15.6 Å². The first kappa shape index (κ1) is 20.3. The number of nitrogens with zero attached hydrogens (tertiary/aromatic N) is 2. The molecule has 1 aliphatic heterocycles. The number of hydrogen-bond donors (Lipinski definition) is 2. The summed E-state index contributed by atoms with van der Waals surface area (Å²) in [6.45, 7) is 0.932. The van der Waals surface area contributed by atoms with Crippen LogP contribution in [0.2, 0.25) is 5.02 Å². The van der Waals surface area contributed by atoms with Gasteiger partial charge in [0, 0.05) is 19.0 Å². The van der Waals surface area contributed by atoms with E-state index in [-0.39, 0.29) is 11.8 Å². The van der Waals surface area contributed by atoms with Crippen molar-refractivity contribution in [3.05, 3.63) is 64.9 Å². The fourth-order valence-corrected chi connectivity index (χ4v) is 3.77. The average molecular weight is 403 g/mol. The molecule has 0 saturated carbocycles. The van der Waals surface area contributed by atoms with Gasteiger partial charge in [-0.25, -0.2) is 4.57 Å². The first-order valence-corrected chi connectivity index (χ1v) is 9.92. The van der Waals surface area contributed by atoms with Crippen molar-refractivity contribution in [1.82, 2.24) is 10.2 Å². The lowest BCUT2D eigenvalue weighted by atomic mass is 10.1. The van der Waals surface area contributed by atoms with Crippen molar-refractivity contribution in [3.63, 3.8) is 0 Å². The van der Waals surface area contributed by atoms with E-state index in [0.717, 1.165) is 17.5 Å². The van der Waals surface area contributed by atoms with Crippen molar-refractivity contribution in [2.45, 2.75) is 37.9 Å². The minimum Gasteiger partial charge on any atom is -0.350 e. The molecule has 0 aliphatic carbocycles. The van der Waals surface area contributed by atoms with Crippen LogP contribution in [0, 0.1) is 0 Å². The summed E-state index contributed by atoms with van der Waals surface area (Å²) in [7, 11) is 1.90. The fraction of sp³-hybridized carbons (Fsp3) is 0.381. The minimum absolute atomic E-state index is 0.0642. The first-order valence-electron chi connectivity index (χ1n) is 9.54. The molecule has 1 saturated heterocycles. The summed E-state index contributed by atoms with van der Waals surface area (Å²) < 4.78 is 1.88. The number of carbonyl (C=O) groups is 2. The number of benzene rings is 1. The van der Waals surface area contributed by atoms with Crippen molar-refractivity contribution in [2.24, 2.45) is 7.05 Å². The molecule has 0 bridgehead atoms. The molecular formula is C21H27ClN4O2+2. The number of amides is 2. The number of hydrogen-bond acceptors (Lipinski definition) is 2. The van der Waals surface area contributed by atoms with Gasteiger partial charge in [-0.15, -0.1) is 0 Å². The molecule has 2 aromatic rings. The first-order chi connectivity index (χ1) is 13.5. The topological polar surface area (TPSA) is 80.9 Å². The van der Waals surface area contributed by atoms with Gasteiger partial charge in [0.25, 0.3) is 5.91 Å². The molecule has 2 amide bonds. The molecule has 3 rings (SSSR count). The van der Waals surface area contributed by atoms with E-state index in [4.69, 9.17) is 11.6 Å². The van der Waals surface area contributed by atoms with Crippen molar-refractivity contribution in [1.29, 1.82) is 0 Å². The summed E-state index contributed by atoms with van der Waals surface area (Å²) in [5.74, 6) is -0.203. The van der Waals surface area contributed by atoms with E-state index in [0.29, 0.717) is 31.0 Å². The van der Waals surface area contributed by atoms with Crippen LogP contribution in [0.4, 0.5) is 0 Å². The Labute approximate surface area is 170 Å². The highest BCUT2D eigenvalue weighted by molar-refractivity contribution is 6.31. The average Bonchev–Trinajstić information content (AvgIpc) is 3.18. The maximum Gasteiger partial charge on any atom is 0.281 e. The molecule has 0 unspecified atom stereocenters. The predicted molar refractivity (Wildman–Crippen MR) is 106 cm³/mol. The third kappa shape index (κ3) is 4.88. The Balaban J connectivity index is 1.60. The summed E-state index contributed by atoms with van der Waals surface area (Å²) in [4.78, 5) is 27.3. The molecule has 148 valence electrons. The number of halogens is 1. The molecular weight excluding hydrogens is 376 g/mol. The van der Waals surface area contributed by atoms with Crippen molar-refractivity contribution >= 4 is 23.4 Å². The molecule has 7 heteroatoms. The lowest BCUT2D eigenvalue weighted by molar-refractivity contribution is -0.671. The number of aryl methyl sites for hydroxylation is 1. The number of aromatic nitrogens is 1. The molecule has 0 spiro atoms. The van der Waals surface area contributed by atoms with Gasteiger partial charge in [0.15, 0.2) is 18.4 Å². The van der Waals surface area contributed by atoms with E-state index in [2.05, 4.69) is 11.1 Å². The highest BCUT2D eigenvalue weighted by Crippen LogP contribution is 2.19. The van der Waals surface area contributed by atoms with Crippen molar-refractivity contribution in [2.75, 3.05) is 6.54 Å². The Morgan fingerprint density at radius 3 is 2.82 bits per heavy atom. The Morgan fingerprint density at radius 2 is 2.07 bits per heavy atom. The smallest absolute Gasteiger partial charge is 0.281 e. The van der Waals surface area contributed by atoms with Gasteiger partial charge < -0.3 is 16.0 Å². The molecule has 2 atom stereocenters. The lowest BCUT2D eigenvalue weighted by Crippen LogP contribution is -2.69. The van der Waals surface area contributed by atoms with Gasteiger partial charge in [-0.3, -0.25) is 9.59 Å². The van der Waals surface area contributed by atoms with Crippen LogP contribution in [-0.4, -0.2) is 35.3 Å². The maximum absolute atomic E-state index is 12.9. The van der Waals surface area contributed by atoms with Gasteiger partial charge in [-0.2, -0.15) is 0 Å². The van der Waals surface area contributed by atoms with E-state index >= 15 is 0 Å². The summed E-state index contributed by atoms with van der Waals surface area (Å²) in [6.07, 6.45) is 5.80. The molecule has 1 aliphatic rings. The zero-order chi connectivity index (χ0) is 20.1. The zero-order valence-corrected chi connectivity index (χ0v) is 16.9. The summed E-state index contributed by atoms with van der Waals surface area (Å²) in [5, 5.41) is 3.54. The summed E-state index contributed by atoms with van der Waals surface area (Å²) in [5.41, 5.74) is 5.96. The van der Waals surface area contributed by atoms with Crippen LogP contribution >= 0.6 is 11.6 Å². The minimum atomic E-state index is -0.441. The van der Waals surface area contributed by atoms with Crippen LogP contribution in [0.25, 0.3) is 0 Å². The predicted octanol–water partition coefficient (Wildman–Crippen LogP) is 0.625. The third-order valence-corrected chi connectivity index (χ3v) is 5.46. The molecule has 0 radical (unpaired) electrons. The Kier molecular flexibility index (Phi) is 6.65. The normalized spacial score (nSPS) is 17.4. The van der Waals surface area contributed by atoms with E-state index in [9.17, 15) is 9.59 Å². The Hall–Kier alpha value is -2.44. The summed E-state index contributed by atoms with van der Waals surface area (Å²) in [6, 6.07) is 10.8. The monoisotopic (exact) mass is 402 g/mol. The standard InChI is InChI=1S/C21H25ClN4O2/c1-25-11-9-17(22)16(14-25)13-24-20(27)19-8-5-10-26(19)21(28)18(23)12-15-6-3-2-4-7-15/h2-4,6-7,9,11,14,18-19H,5,8,10,12-13,23H2,1H3/p+2/t18-,19+/m1/s1. The van der Waals surface area contributed by atoms with Gasteiger partial charge in [-0.1, -0.05) is 41.9 Å². The van der Waals surface area contributed by atoms with Crippen LogP contribution in [0.3, 0.4) is 0 Å². The Bertz CT molecular complexity index is 844. The Morgan fingerprint density at radius 1 is 1.32 bits per heavy atom. The van der Waals surface area contributed by atoms with Crippen molar-refractivity contribution in [3.8, 4) is 0 Å². The largest absolute Gasteiger partial charge is 0.350 e. The van der Waals surface area contributed by atoms with Crippen LogP contribution in [0.15, 0.2) is 48.8 Å². The van der Waals surface area contributed by atoms with Crippen molar-refractivity contribution < 1.29 is 19.9 Å². The maximum atomic E-state index is 12.9. The molecule has 4 N–H and O–H groups in total. The number of nitrogens with one attached hydrogen (secondary N) is 1. The van der Waals surface area contributed by atoms with Gasteiger partial charge >= 0.3 is 0 Å². The van der Waals surface area contributed by atoms with E-state index < -0.39 is 12.1 Å². The van der Waals surface area contributed by atoms with Crippen LogP contribution in [-0.2, 0) is 29.6 Å². The second kappa shape index (κ2) is 9.17. The highest BCUT2D eigenvalue weighted by Gasteiger charge is 2.37.